The maximum absolute atomic E-state index is 8.66. The molecule has 0 bridgehead atoms. The minimum atomic E-state index is -0.118. The minimum Gasteiger partial charge on any atom is -0.395 e. The van der Waals surface area contributed by atoms with Crippen LogP contribution in [-0.2, 0) is 0 Å². The molecular weight excluding hydrogens is 170 g/mol. The first-order valence-electron chi connectivity index (χ1n) is 2.96. The van der Waals surface area contributed by atoms with Gasteiger partial charge >= 0.3 is 0 Å². The zero-order valence-electron chi connectivity index (χ0n) is 6.63. The Balaban J connectivity index is 0. The van der Waals surface area contributed by atoms with Gasteiger partial charge in [-0.25, -0.2) is 0 Å². The van der Waals surface area contributed by atoms with Crippen molar-refractivity contribution in [3.05, 3.63) is 0 Å². The Morgan fingerprint density at radius 3 is 2.10 bits per heavy atom. The Morgan fingerprint density at radius 2 is 2.00 bits per heavy atom. The smallest absolute Gasteiger partial charge is 0.0595 e. The second-order valence-electron chi connectivity index (χ2n) is 2.60. The lowest BCUT2D eigenvalue weighted by molar-refractivity contribution is 0.248. The highest BCUT2D eigenvalue weighted by molar-refractivity contribution is 8.00. The first-order chi connectivity index (χ1) is 4.04. The summed E-state index contributed by atoms with van der Waals surface area (Å²) < 4.78 is -0.00521. The van der Waals surface area contributed by atoms with Crippen LogP contribution in [0, 0.1) is 0 Å². The highest BCUT2D eigenvalue weighted by atomic mass is 35.5. The highest BCUT2D eigenvalue weighted by Crippen LogP contribution is 2.23. The topological polar surface area (TPSA) is 46.2 Å². The molecule has 0 unspecified atom stereocenters. The Hall–Kier alpha value is 0.560. The fraction of sp³-hybridized carbons (Fsp3) is 1.00. The van der Waals surface area contributed by atoms with Crippen LogP contribution in [0.2, 0.25) is 0 Å². The molecule has 0 radical (unpaired) electrons. The van der Waals surface area contributed by atoms with Gasteiger partial charge in [-0.2, -0.15) is 11.8 Å². The van der Waals surface area contributed by atoms with Crippen molar-refractivity contribution in [3.8, 4) is 0 Å². The first-order valence-corrected chi connectivity index (χ1v) is 4.18. The molecule has 0 fully saturated rings. The van der Waals surface area contributed by atoms with Crippen LogP contribution in [0.25, 0.3) is 0 Å². The Morgan fingerprint density at radius 1 is 1.60 bits per heavy atom. The van der Waals surface area contributed by atoms with Crippen molar-refractivity contribution < 1.29 is 5.11 Å². The third kappa shape index (κ3) is 3.66. The van der Waals surface area contributed by atoms with Crippen molar-refractivity contribution in [1.29, 1.82) is 0 Å². The molecule has 0 saturated heterocycles. The lowest BCUT2D eigenvalue weighted by Crippen LogP contribution is -2.43. The number of hydrogen-bond acceptors (Lipinski definition) is 3. The molecule has 0 amide bonds. The number of aliphatic hydroxyl groups excluding tert-OH is 1. The molecule has 0 aliphatic rings. The van der Waals surface area contributed by atoms with Crippen molar-refractivity contribution >= 4 is 24.2 Å². The summed E-state index contributed by atoms with van der Waals surface area (Å²) in [5.41, 5.74) is 5.59. The van der Waals surface area contributed by atoms with Gasteiger partial charge < -0.3 is 10.8 Å². The summed E-state index contributed by atoms with van der Waals surface area (Å²) in [5, 5.41) is 8.66. The average molecular weight is 186 g/mol. The molecule has 1 atom stereocenters. The van der Waals surface area contributed by atoms with Crippen LogP contribution in [0.1, 0.15) is 13.8 Å². The SMILES string of the molecule is CSC(C)(C)[C@@H](N)CO.Cl. The average Bonchev–Trinajstić information content (AvgIpc) is 1.86. The summed E-state index contributed by atoms with van der Waals surface area (Å²) in [5.74, 6) is 0. The van der Waals surface area contributed by atoms with Gasteiger partial charge in [-0.1, -0.05) is 0 Å². The second kappa shape index (κ2) is 5.24. The summed E-state index contributed by atoms with van der Waals surface area (Å²) in [6.07, 6.45) is 2.00. The van der Waals surface area contributed by atoms with Gasteiger partial charge in [0.05, 0.1) is 6.61 Å². The van der Waals surface area contributed by atoms with Crippen LogP contribution in [0.4, 0.5) is 0 Å². The zero-order chi connectivity index (χ0) is 7.49. The molecule has 0 spiro atoms. The van der Waals surface area contributed by atoms with E-state index >= 15 is 0 Å². The molecule has 4 heteroatoms. The van der Waals surface area contributed by atoms with Crippen LogP contribution in [0.3, 0.4) is 0 Å². The fourth-order valence-corrected chi connectivity index (χ4v) is 0.749. The van der Waals surface area contributed by atoms with E-state index in [2.05, 4.69) is 0 Å². The molecule has 0 aromatic heterocycles. The number of thioether (sulfide) groups is 1. The van der Waals surface area contributed by atoms with E-state index in [4.69, 9.17) is 10.8 Å². The molecule has 10 heavy (non-hydrogen) atoms. The number of hydrogen-bond donors (Lipinski definition) is 2. The van der Waals surface area contributed by atoms with Gasteiger partial charge in [0.25, 0.3) is 0 Å². The van der Waals surface area contributed by atoms with E-state index in [0.29, 0.717) is 0 Å². The summed E-state index contributed by atoms with van der Waals surface area (Å²) >= 11 is 1.67. The van der Waals surface area contributed by atoms with E-state index < -0.39 is 0 Å². The summed E-state index contributed by atoms with van der Waals surface area (Å²) in [6.45, 7) is 4.12. The van der Waals surface area contributed by atoms with Gasteiger partial charge in [0.1, 0.15) is 0 Å². The van der Waals surface area contributed by atoms with Gasteiger partial charge in [0.15, 0.2) is 0 Å². The predicted octanol–water partition coefficient (Wildman–Crippen LogP) is 0.869. The molecule has 0 heterocycles. The largest absolute Gasteiger partial charge is 0.395 e. The van der Waals surface area contributed by atoms with Crippen molar-refractivity contribution in [1.82, 2.24) is 0 Å². The monoisotopic (exact) mass is 185 g/mol. The molecule has 0 aromatic rings. The van der Waals surface area contributed by atoms with E-state index in [1.54, 1.807) is 11.8 Å². The third-order valence-corrected chi connectivity index (χ3v) is 2.97. The number of nitrogens with two attached hydrogens (primary N) is 1. The van der Waals surface area contributed by atoms with Gasteiger partial charge in [0, 0.05) is 10.8 Å². The molecule has 64 valence electrons. The van der Waals surface area contributed by atoms with E-state index in [9.17, 15) is 0 Å². The zero-order valence-corrected chi connectivity index (χ0v) is 8.26. The Kier molecular flexibility index (Phi) is 6.90. The molecule has 3 N–H and O–H groups in total. The van der Waals surface area contributed by atoms with E-state index in [0.717, 1.165) is 0 Å². The standard InChI is InChI=1S/C6H15NOS.ClH/c1-6(2,9-3)5(7)4-8;/h5,8H,4,7H2,1-3H3;1H/t5-;/m0./s1. The molecule has 2 nitrogen and oxygen atoms in total. The van der Waals surface area contributed by atoms with Gasteiger partial charge in [-0.3, -0.25) is 0 Å². The van der Waals surface area contributed by atoms with Crippen LogP contribution in [0.15, 0.2) is 0 Å². The number of aliphatic hydroxyl groups is 1. The third-order valence-electron chi connectivity index (χ3n) is 1.62. The molecule has 0 saturated carbocycles. The van der Waals surface area contributed by atoms with Gasteiger partial charge in [-0.05, 0) is 20.1 Å². The number of rotatable bonds is 3. The van der Waals surface area contributed by atoms with E-state index in [1.165, 1.54) is 0 Å². The first kappa shape index (κ1) is 13.2. The van der Waals surface area contributed by atoms with Gasteiger partial charge in [0.2, 0.25) is 0 Å². The summed E-state index contributed by atoms with van der Waals surface area (Å²) in [7, 11) is 0. The lowest BCUT2D eigenvalue weighted by Gasteiger charge is -2.27. The normalized spacial score (nSPS) is 14.1. The lowest BCUT2D eigenvalue weighted by atomic mass is 10.1. The van der Waals surface area contributed by atoms with Crippen LogP contribution >= 0.6 is 24.2 Å². The Bertz CT molecular complexity index is 89.8. The minimum absolute atomic E-state index is 0. The summed E-state index contributed by atoms with van der Waals surface area (Å²) in [6, 6.07) is -0.118. The van der Waals surface area contributed by atoms with Crippen LogP contribution < -0.4 is 5.73 Å². The van der Waals surface area contributed by atoms with Crippen molar-refractivity contribution in [2.24, 2.45) is 5.73 Å². The maximum Gasteiger partial charge on any atom is 0.0595 e. The van der Waals surface area contributed by atoms with Crippen LogP contribution in [0.5, 0.6) is 0 Å². The van der Waals surface area contributed by atoms with Gasteiger partial charge in [-0.15, -0.1) is 12.4 Å². The molecular formula is C6H16ClNOS. The van der Waals surface area contributed by atoms with E-state index in [-0.39, 0.29) is 29.8 Å². The quantitative estimate of drug-likeness (QED) is 0.686. The highest BCUT2D eigenvalue weighted by Gasteiger charge is 2.23. The fourth-order valence-electron chi connectivity index (χ4n) is 0.371. The Labute approximate surface area is 73.0 Å². The van der Waals surface area contributed by atoms with Crippen molar-refractivity contribution in [3.63, 3.8) is 0 Å². The van der Waals surface area contributed by atoms with Crippen molar-refractivity contribution in [2.75, 3.05) is 12.9 Å². The van der Waals surface area contributed by atoms with E-state index in [1.807, 2.05) is 20.1 Å². The predicted molar refractivity (Wildman–Crippen MR) is 49.9 cm³/mol. The molecule has 0 rings (SSSR count). The number of halogens is 1. The van der Waals surface area contributed by atoms with Crippen LogP contribution in [-0.4, -0.2) is 28.8 Å². The summed E-state index contributed by atoms with van der Waals surface area (Å²) in [4.78, 5) is 0. The molecule has 0 aliphatic heterocycles. The molecule has 0 aromatic carbocycles. The molecule has 0 aliphatic carbocycles. The second-order valence-corrected chi connectivity index (χ2v) is 4.06. The van der Waals surface area contributed by atoms with Crippen molar-refractivity contribution in [2.45, 2.75) is 24.6 Å². The maximum atomic E-state index is 8.66.